The summed E-state index contributed by atoms with van der Waals surface area (Å²) in [5.41, 5.74) is -1.06. The van der Waals surface area contributed by atoms with Crippen LogP contribution in [-0.4, -0.2) is 29.5 Å². The number of benzene rings is 1. The minimum absolute atomic E-state index is 0.241. The second-order valence-electron chi connectivity index (χ2n) is 5.18. The zero-order valence-electron chi connectivity index (χ0n) is 11.1. The number of amides is 1. The summed E-state index contributed by atoms with van der Waals surface area (Å²) in [6.07, 6.45) is 1.45. The third-order valence-electron chi connectivity index (χ3n) is 3.52. The van der Waals surface area contributed by atoms with Gasteiger partial charge in [-0.3, -0.25) is 14.9 Å². The molecule has 0 aliphatic carbocycles. The van der Waals surface area contributed by atoms with Crippen LogP contribution in [0.4, 0.5) is 10.1 Å². The molecule has 1 aromatic carbocycles. The lowest BCUT2D eigenvalue weighted by atomic mass is 9.90. The molecule has 0 saturated carbocycles. The molecule has 1 fully saturated rings. The summed E-state index contributed by atoms with van der Waals surface area (Å²) in [7, 11) is 0. The highest BCUT2D eigenvalue weighted by Crippen LogP contribution is 2.22. The molecular weight excluding hydrogens is 265 g/mol. The first kappa shape index (κ1) is 14.4. The lowest BCUT2D eigenvalue weighted by Crippen LogP contribution is -2.52. The monoisotopic (exact) mass is 281 g/mol. The van der Waals surface area contributed by atoms with Gasteiger partial charge in [-0.05, 0) is 45.0 Å². The SMILES string of the molecule is CC1(NC(=O)c2cc(F)ccc2[N+](=O)[O-])CCNCC1. The van der Waals surface area contributed by atoms with Crippen LogP contribution in [0.25, 0.3) is 0 Å². The van der Waals surface area contributed by atoms with Crippen molar-refractivity contribution in [1.82, 2.24) is 10.6 Å². The molecule has 1 saturated heterocycles. The Morgan fingerprint density at radius 2 is 2.10 bits per heavy atom. The number of nitro groups is 1. The minimum Gasteiger partial charge on any atom is -0.347 e. The summed E-state index contributed by atoms with van der Waals surface area (Å²) < 4.78 is 13.2. The lowest BCUT2D eigenvalue weighted by molar-refractivity contribution is -0.385. The molecule has 0 unspecified atom stereocenters. The van der Waals surface area contributed by atoms with Crippen molar-refractivity contribution < 1.29 is 14.1 Å². The van der Waals surface area contributed by atoms with Crippen LogP contribution in [0.15, 0.2) is 18.2 Å². The van der Waals surface area contributed by atoms with Crippen molar-refractivity contribution >= 4 is 11.6 Å². The van der Waals surface area contributed by atoms with Crippen LogP contribution in [0.2, 0.25) is 0 Å². The fraction of sp³-hybridized carbons (Fsp3) is 0.462. The highest BCUT2D eigenvalue weighted by atomic mass is 19.1. The van der Waals surface area contributed by atoms with Crippen molar-refractivity contribution in [2.75, 3.05) is 13.1 Å². The number of nitrogens with one attached hydrogen (secondary N) is 2. The lowest BCUT2D eigenvalue weighted by Gasteiger charge is -2.34. The Balaban J connectivity index is 2.24. The molecule has 7 heteroatoms. The van der Waals surface area contributed by atoms with E-state index in [4.69, 9.17) is 0 Å². The normalized spacial score (nSPS) is 17.5. The first-order chi connectivity index (χ1) is 9.41. The van der Waals surface area contributed by atoms with Crippen LogP contribution < -0.4 is 10.6 Å². The van der Waals surface area contributed by atoms with Gasteiger partial charge in [0.2, 0.25) is 0 Å². The van der Waals surface area contributed by atoms with Gasteiger partial charge in [-0.2, -0.15) is 0 Å². The van der Waals surface area contributed by atoms with E-state index in [2.05, 4.69) is 10.6 Å². The van der Waals surface area contributed by atoms with Crippen molar-refractivity contribution in [1.29, 1.82) is 0 Å². The molecule has 0 spiro atoms. The van der Waals surface area contributed by atoms with Gasteiger partial charge >= 0.3 is 0 Å². The van der Waals surface area contributed by atoms with Gasteiger partial charge in [0.1, 0.15) is 11.4 Å². The van der Waals surface area contributed by atoms with Gasteiger partial charge in [-0.1, -0.05) is 0 Å². The van der Waals surface area contributed by atoms with E-state index in [9.17, 15) is 19.3 Å². The topological polar surface area (TPSA) is 84.3 Å². The van der Waals surface area contributed by atoms with Crippen molar-refractivity contribution in [2.24, 2.45) is 0 Å². The van der Waals surface area contributed by atoms with Crippen LogP contribution in [0.3, 0.4) is 0 Å². The molecule has 2 N–H and O–H groups in total. The van der Waals surface area contributed by atoms with E-state index >= 15 is 0 Å². The number of carbonyl (C=O) groups is 1. The Morgan fingerprint density at radius 3 is 2.70 bits per heavy atom. The Labute approximate surface area is 115 Å². The molecule has 0 bridgehead atoms. The Hall–Kier alpha value is -2.02. The average Bonchev–Trinajstić information content (AvgIpc) is 2.38. The second-order valence-corrected chi connectivity index (χ2v) is 5.18. The number of halogens is 1. The number of hydrogen-bond acceptors (Lipinski definition) is 4. The van der Waals surface area contributed by atoms with Crippen molar-refractivity contribution in [3.05, 3.63) is 39.7 Å². The quantitative estimate of drug-likeness (QED) is 0.651. The Bertz CT molecular complexity index is 542. The highest BCUT2D eigenvalue weighted by molar-refractivity contribution is 5.98. The van der Waals surface area contributed by atoms with Crippen molar-refractivity contribution in [3.63, 3.8) is 0 Å². The molecule has 108 valence electrons. The fourth-order valence-corrected chi connectivity index (χ4v) is 2.29. The predicted octanol–water partition coefficient (Wildman–Crippen LogP) is 1.61. The third kappa shape index (κ3) is 3.11. The van der Waals surface area contributed by atoms with Crippen LogP contribution in [0, 0.1) is 15.9 Å². The van der Waals surface area contributed by atoms with Gasteiger partial charge in [-0.15, -0.1) is 0 Å². The number of piperidine rings is 1. The van der Waals surface area contributed by atoms with Crippen LogP contribution in [-0.2, 0) is 0 Å². The van der Waals surface area contributed by atoms with E-state index in [0.717, 1.165) is 44.1 Å². The fourth-order valence-electron chi connectivity index (χ4n) is 2.29. The summed E-state index contributed by atoms with van der Waals surface area (Å²) in [5, 5.41) is 16.9. The summed E-state index contributed by atoms with van der Waals surface area (Å²) in [5.74, 6) is -1.28. The molecule has 1 aliphatic rings. The summed E-state index contributed by atoms with van der Waals surface area (Å²) in [6.45, 7) is 3.42. The highest BCUT2D eigenvalue weighted by Gasteiger charge is 2.31. The van der Waals surface area contributed by atoms with E-state index in [1.807, 2.05) is 6.92 Å². The molecule has 2 rings (SSSR count). The number of carbonyl (C=O) groups excluding carboxylic acids is 1. The maximum atomic E-state index is 13.2. The summed E-state index contributed by atoms with van der Waals surface area (Å²) in [4.78, 5) is 22.4. The van der Waals surface area contributed by atoms with Crippen LogP contribution in [0.5, 0.6) is 0 Å². The molecule has 1 aliphatic heterocycles. The molecule has 6 nitrogen and oxygen atoms in total. The molecule has 1 aromatic rings. The zero-order valence-corrected chi connectivity index (χ0v) is 11.1. The first-order valence-corrected chi connectivity index (χ1v) is 6.38. The molecule has 0 radical (unpaired) electrons. The van der Waals surface area contributed by atoms with Gasteiger partial charge in [0.25, 0.3) is 11.6 Å². The number of hydrogen-bond donors (Lipinski definition) is 2. The molecule has 0 aromatic heterocycles. The number of nitrogens with zero attached hydrogens (tertiary/aromatic N) is 1. The van der Waals surface area contributed by atoms with Gasteiger partial charge in [0, 0.05) is 11.6 Å². The Kier molecular flexibility index (Phi) is 3.99. The maximum absolute atomic E-state index is 13.2. The Morgan fingerprint density at radius 1 is 1.45 bits per heavy atom. The van der Waals surface area contributed by atoms with Crippen molar-refractivity contribution in [2.45, 2.75) is 25.3 Å². The van der Waals surface area contributed by atoms with E-state index in [1.165, 1.54) is 0 Å². The largest absolute Gasteiger partial charge is 0.347 e. The van der Waals surface area contributed by atoms with Crippen LogP contribution >= 0.6 is 0 Å². The van der Waals surface area contributed by atoms with E-state index in [-0.39, 0.29) is 11.3 Å². The average molecular weight is 281 g/mol. The van der Waals surface area contributed by atoms with Gasteiger partial charge in [0.05, 0.1) is 4.92 Å². The molecule has 1 heterocycles. The summed E-state index contributed by atoms with van der Waals surface area (Å²) >= 11 is 0. The standard InChI is InChI=1S/C13H16FN3O3/c1-13(4-6-15-7-5-13)16-12(18)10-8-9(14)2-3-11(10)17(19)20/h2-3,8,15H,4-7H2,1H3,(H,16,18). The third-order valence-corrected chi connectivity index (χ3v) is 3.52. The smallest absolute Gasteiger partial charge is 0.282 e. The summed E-state index contributed by atoms with van der Waals surface area (Å²) in [6, 6.07) is 2.88. The van der Waals surface area contributed by atoms with E-state index in [1.54, 1.807) is 0 Å². The second kappa shape index (κ2) is 5.54. The number of rotatable bonds is 3. The zero-order chi connectivity index (χ0) is 14.8. The minimum atomic E-state index is -0.681. The molecular formula is C13H16FN3O3. The number of nitro benzene ring substituents is 1. The van der Waals surface area contributed by atoms with E-state index in [0.29, 0.717) is 0 Å². The van der Waals surface area contributed by atoms with Gasteiger partial charge in [-0.25, -0.2) is 4.39 Å². The van der Waals surface area contributed by atoms with Gasteiger partial charge in [0.15, 0.2) is 0 Å². The van der Waals surface area contributed by atoms with Crippen molar-refractivity contribution in [3.8, 4) is 0 Å². The maximum Gasteiger partial charge on any atom is 0.282 e. The molecule has 20 heavy (non-hydrogen) atoms. The van der Waals surface area contributed by atoms with E-state index < -0.39 is 22.2 Å². The van der Waals surface area contributed by atoms with Crippen LogP contribution in [0.1, 0.15) is 30.1 Å². The first-order valence-electron chi connectivity index (χ1n) is 6.38. The van der Waals surface area contributed by atoms with Gasteiger partial charge < -0.3 is 10.6 Å². The molecule has 1 amide bonds. The predicted molar refractivity (Wildman–Crippen MR) is 71.0 cm³/mol. The molecule has 0 atom stereocenters.